The van der Waals surface area contributed by atoms with Gasteiger partial charge in [-0.3, -0.25) is 4.79 Å². The molecule has 0 saturated heterocycles. The molecule has 0 atom stereocenters. The van der Waals surface area contributed by atoms with E-state index in [0.717, 1.165) is 0 Å². The molecule has 0 spiro atoms. The molecule has 1 amide bonds. The number of amides is 1. The minimum Gasteiger partial charge on any atom is -0.506 e. The zero-order chi connectivity index (χ0) is 13.1. The van der Waals surface area contributed by atoms with E-state index in [1.54, 1.807) is 30.3 Å². The van der Waals surface area contributed by atoms with Crippen molar-refractivity contribution in [3.05, 3.63) is 53.1 Å². The van der Waals surface area contributed by atoms with Gasteiger partial charge in [0.1, 0.15) is 5.75 Å². The number of carbonyl (C=O) groups excluding carboxylic acids is 1. The zero-order valence-corrected chi connectivity index (χ0v) is 10.1. The molecule has 0 radical (unpaired) electrons. The first-order chi connectivity index (χ1) is 8.56. The molecule has 2 aromatic carbocycles. The molecule has 0 bridgehead atoms. The van der Waals surface area contributed by atoms with Crippen LogP contribution < -0.4 is 11.1 Å². The summed E-state index contributed by atoms with van der Waals surface area (Å²) in [6.07, 6.45) is 0. The van der Waals surface area contributed by atoms with Crippen LogP contribution in [0.1, 0.15) is 10.4 Å². The topological polar surface area (TPSA) is 75.4 Å². The van der Waals surface area contributed by atoms with Gasteiger partial charge in [0.05, 0.1) is 5.02 Å². The second-order valence-electron chi connectivity index (χ2n) is 3.75. The SMILES string of the molecule is Nc1cccc(C(=O)Nc2ccc(O)c(Cl)c2)c1. The second kappa shape index (κ2) is 4.98. The van der Waals surface area contributed by atoms with Crippen molar-refractivity contribution < 1.29 is 9.90 Å². The van der Waals surface area contributed by atoms with Crippen molar-refractivity contribution in [3.63, 3.8) is 0 Å². The molecule has 4 N–H and O–H groups in total. The molecule has 0 aliphatic rings. The molecule has 0 fully saturated rings. The maximum absolute atomic E-state index is 11.9. The molecule has 92 valence electrons. The molecule has 0 saturated carbocycles. The molecule has 2 rings (SSSR count). The van der Waals surface area contributed by atoms with Gasteiger partial charge in [0.15, 0.2) is 0 Å². The van der Waals surface area contributed by atoms with Gasteiger partial charge in [-0.15, -0.1) is 0 Å². The lowest BCUT2D eigenvalue weighted by atomic mass is 10.2. The Bertz CT molecular complexity index is 599. The number of anilines is 2. The lowest BCUT2D eigenvalue weighted by Crippen LogP contribution is -2.12. The van der Waals surface area contributed by atoms with Gasteiger partial charge in [0.25, 0.3) is 5.91 Å². The Morgan fingerprint density at radius 1 is 1.22 bits per heavy atom. The Labute approximate surface area is 109 Å². The average Bonchev–Trinajstić information content (AvgIpc) is 2.34. The number of rotatable bonds is 2. The fraction of sp³-hybridized carbons (Fsp3) is 0. The third kappa shape index (κ3) is 2.73. The van der Waals surface area contributed by atoms with E-state index in [1.807, 2.05) is 0 Å². The second-order valence-corrected chi connectivity index (χ2v) is 4.15. The minimum atomic E-state index is -0.288. The van der Waals surface area contributed by atoms with Crippen LogP contribution in [-0.2, 0) is 0 Å². The molecule has 0 heterocycles. The normalized spacial score (nSPS) is 10.1. The van der Waals surface area contributed by atoms with E-state index < -0.39 is 0 Å². The fourth-order valence-corrected chi connectivity index (χ4v) is 1.65. The van der Waals surface area contributed by atoms with Gasteiger partial charge < -0.3 is 16.2 Å². The Kier molecular flexibility index (Phi) is 3.39. The summed E-state index contributed by atoms with van der Waals surface area (Å²) < 4.78 is 0. The Hall–Kier alpha value is -2.20. The molecular formula is C13H11ClN2O2. The summed E-state index contributed by atoms with van der Waals surface area (Å²) in [4.78, 5) is 11.9. The molecule has 18 heavy (non-hydrogen) atoms. The van der Waals surface area contributed by atoms with Crippen LogP contribution in [0.25, 0.3) is 0 Å². The maximum Gasteiger partial charge on any atom is 0.255 e. The molecule has 0 aliphatic heterocycles. The lowest BCUT2D eigenvalue weighted by Gasteiger charge is -2.06. The van der Waals surface area contributed by atoms with Crippen molar-refractivity contribution in [2.75, 3.05) is 11.1 Å². The first kappa shape index (κ1) is 12.3. The Balaban J connectivity index is 2.18. The molecule has 4 nitrogen and oxygen atoms in total. The summed E-state index contributed by atoms with van der Waals surface area (Å²) in [5, 5.41) is 12.1. The van der Waals surface area contributed by atoms with E-state index in [-0.39, 0.29) is 16.7 Å². The van der Waals surface area contributed by atoms with Crippen LogP contribution in [0.3, 0.4) is 0 Å². The number of nitrogen functional groups attached to an aromatic ring is 1. The highest BCUT2D eigenvalue weighted by molar-refractivity contribution is 6.32. The van der Waals surface area contributed by atoms with Crippen LogP contribution in [-0.4, -0.2) is 11.0 Å². The highest BCUT2D eigenvalue weighted by Gasteiger charge is 2.07. The van der Waals surface area contributed by atoms with Crippen molar-refractivity contribution in [1.82, 2.24) is 0 Å². The van der Waals surface area contributed by atoms with E-state index in [9.17, 15) is 9.90 Å². The van der Waals surface area contributed by atoms with E-state index >= 15 is 0 Å². The summed E-state index contributed by atoms with van der Waals surface area (Å²) in [7, 11) is 0. The van der Waals surface area contributed by atoms with Gasteiger partial charge >= 0.3 is 0 Å². The number of hydrogen-bond acceptors (Lipinski definition) is 3. The third-order valence-electron chi connectivity index (χ3n) is 2.35. The fourth-order valence-electron chi connectivity index (χ4n) is 1.47. The summed E-state index contributed by atoms with van der Waals surface area (Å²) in [6, 6.07) is 11.1. The van der Waals surface area contributed by atoms with Crippen LogP contribution in [0.5, 0.6) is 5.75 Å². The van der Waals surface area contributed by atoms with E-state index in [0.29, 0.717) is 16.9 Å². The van der Waals surface area contributed by atoms with Crippen molar-refractivity contribution >= 4 is 28.9 Å². The molecule has 0 aromatic heterocycles. The standard InChI is InChI=1S/C13H11ClN2O2/c14-11-7-10(4-5-12(11)17)16-13(18)8-2-1-3-9(15)6-8/h1-7,17H,15H2,(H,16,18). The molecular weight excluding hydrogens is 252 g/mol. The number of halogens is 1. The van der Waals surface area contributed by atoms with Crippen LogP contribution in [0.15, 0.2) is 42.5 Å². The summed E-state index contributed by atoms with van der Waals surface area (Å²) in [6.45, 7) is 0. The van der Waals surface area contributed by atoms with Crippen molar-refractivity contribution in [2.24, 2.45) is 0 Å². The van der Waals surface area contributed by atoms with E-state index in [2.05, 4.69) is 5.32 Å². The smallest absolute Gasteiger partial charge is 0.255 e. The lowest BCUT2D eigenvalue weighted by molar-refractivity contribution is 0.102. The quantitative estimate of drug-likeness (QED) is 0.575. The van der Waals surface area contributed by atoms with Crippen molar-refractivity contribution in [3.8, 4) is 5.75 Å². The van der Waals surface area contributed by atoms with Crippen LogP contribution >= 0.6 is 11.6 Å². The van der Waals surface area contributed by atoms with Gasteiger partial charge in [-0.2, -0.15) is 0 Å². The van der Waals surface area contributed by atoms with Gasteiger partial charge in [0, 0.05) is 16.9 Å². The van der Waals surface area contributed by atoms with Crippen LogP contribution in [0, 0.1) is 0 Å². The molecule has 0 unspecified atom stereocenters. The van der Waals surface area contributed by atoms with Gasteiger partial charge in [0.2, 0.25) is 0 Å². The summed E-state index contributed by atoms with van der Waals surface area (Å²) >= 11 is 5.75. The van der Waals surface area contributed by atoms with Crippen LogP contribution in [0.4, 0.5) is 11.4 Å². The first-order valence-corrected chi connectivity index (χ1v) is 5.59. The Morgan fingerprint density at radius 2 is 2.00 bits per heavy atom. The predicted octanol–water partition coefficient (Wildman–Crippen LogP) is 2.88. The highest BCUT2D eigenvalue weighted by Crippen LogP contribution is 2.26. The van der Waals surface area contributed by atoms with E-state index in [1.165, 1.54) is 12.1 Å². The number of carbonyl (C=O) groups is 1. The molecule has 5 heteroatoms. The predicted molar refractivity (Wildman–Crippen MR) is 71.9 cm³/mol. The monoisotopic (exact) mass is 262 g/mol. The first-order valence-electron chi connectivity index (χ1n) is 5.21. The Morgan fingerprint density at radius 3 is 2.67 bits per heavy atom. The molecule has 2 aromatic rings. The number of nitrogens with two attached hydrogens (primary N) is 1. The number of phenols is 1. The number of phenolic OH excluding ortho intramolecular Hbond substituents is 1. The zero-order valence-electron chi connectivity index (χ0n) is 9.35. The van der Waals surface area contributed by atoms with Gasteiger partial charge in [-0.25, -0.2) is 0 Å². The van der Waals surface area contributed by atoms with Gasteiger partial charge in [-0.1, -0.05) is 17.7 Å². The maximum atomic E-state index is 11.9. The van der Waals surface area contributed by atoms with Gasteiger partial charge in [-0.05, 0) is 36.4 Å². The number of aromatic hydroxyl groups is 1. The number of nitrogens with one attached hydrogen (secondary N) is 1. The highest BCUT2D eigenvalue weighted by atomic mass is 35.5. The summed E-state index contributed by atoms with van der Waals surface area (Å²) in [5.41, 5.74) is 7.08. The van der Waals surface area contributed by atoms with E-state index in [4.69, 9.17) is 17.3 Å². The minimum absolute atomic E-state index is 0.0291. The average molecular weight is 263 g/mol. The molecule has 0 aliphatic carbocycles. The number of benzene rings is 2. The third-order valence-corrected chi connectivity index (χ3v) is 2.66. The van der Waals surface area contributed by atoms with Crippen molar-refractivity contribution in [2.45, 2.75) is 0 Å². The van der Waals surface area contributed by atoms with Crippen LogP contribution in [0.2, 0.25) is 5.02 Å². The largest absolute Gasteiger partial charge is 0.506 e. The number of hydrogen-bond donors (Lipinski definition) is 3. The summed E-state index contributed by atoms with van der Waals surface area (Å²) in [5.74, 6) is -0.317. The van der Waals surface area contributed by atoms with Crippen molar-refractivity contribution in [1.29, 1.82) is 0 Å².